The minimum atomic E-state index is -0.537. The Hall–Kier alpha value is -2.49. The fourth-order valence-electron chi connectivity index (χ4n) is 3.27. The highest BCUT2D eigenvalue weighted by atomic mass is 16.5. The average molecular weight is 412 g/mol. The standard InChI is InChI=1S/C26H37NO3/c1-5-8-9-12-19-29-22-17-15-21(16-18-22)27-26(28)24(7-3)30-25-14-11-10-13-23(25)20(4)6-2/h10-11,13-18,20,24H,5-9,12,19H2,1-4H3,(H,27,28). The smallest absolute Gasteiger partial charge is 0.265 e. The van der Waals surface area contributed by atoms with Gasteiger partial charge in [-0.15, -0.1) is 0 Å². The number of hydrogen-bond acceptors (Lipinski definition) is 3. The van der Waals surface area contributed by atoms with Crippen molar-refractivity contribution in [2.75, 3.05) is 11.9 Å². The molecule has 0 spiro atoms. The zero-order chi connectivity index (χ0) is 21.8. The van der Waals surface area contributed by atoms with E-state index in [0.29, 0.717) is 12.3 Å². The van der Waals surface area contributed by atoms with Crippen LogP contribution >= 0.6 is 0 Å². The predicted molar refractivity (Wildman–Crippen MR) is 125 cm³/mol. The summed E-state index contributed by atoms with van der Waals surface area (Å²) in [6.45, 7) is 9.23. The van der Waals surface area contributed by atoms with E-state index in [2.05, 4.69) is 32.2 Å². The summed E-state index contributed by atoms with van der Waals surface area (Å²) in [4.78, 5) is 12.8. The van der Waals surface area contributed by atoms with Crippen molar-refractivity contribution in [1.82, 2.24) is 0 Å². The molecule has 0 aliphatic rings. The highest BCUT2D eigenvalue weighted by Gasteiger charge is 2.21. The molecule has 2 aromatic carbocycles. The summed E-state index contributed by atoms with van der Waals surface area (Å²) >= 11 is 0. The Kier molecular flexibility index (Phi) is 10.3. The Bertz CT molecular complexity index is 757. The number of ether oxygens (including phenoxy) is 2. The number of anilines is 1. The Morgan fingerprint density at radius 2 is 1.67 bits per heavy atom. The van der Waals surface area contributed by atoms with Gasteiger partial charge in [0.05, 0.1) is 6.61 Å². The molecule has 0 saturated heterocycles. The van der Waals surface area contributed by atoms with Crippen molar-refractivity contribution in [3.63, 3.8) is 0 Å². The number of para-hydroxylation sites is 1. The van der Waals surface area contributed by atoms with E-state index in [1.807, 2.05) is 49.4 Å². The lowest BCUT2D eigenvalue weighted by molar-refractivity contribution is -0.122. The number of carbonyl (C=O) groups is 1. The summed E-state index contributed by atoms with van der Waals surface area (Å²) < 4.78 is 11.9. The lowest BCUT2D eigenvalue weighted by Crippen LogP contribution is -2.32. The van der Waals surface area contributed by atoms with Crippen LogP contribution in [0.15, 0.2) is 48.5 Å². The van der Waals surface area contributed by atoms with Gasteiger partial charge in [-0.25, -0.2) is 0 Å². The van der Waals surface area contributed by atoms with Gasteiger partial charge < -0.3 is 14.8 Å². The highest BCUT2D eigenvalue weighted by Crippen LogP contribution is 2.29. The first kappa shape index (κ1) is 23.8. The van der Waals surface area contributed by atoms with Crippen LogP contribution in [0.3, 0.4) is 0 Å². The Balaban J connectivity index is 1.92. The number of carbonyl (C=O) groups excluding carboxylic acids is 1. The third-order valence-corrected chi connectivity index (χ3v) is 5.38. The number of nitrogens with one attached hydrogen (secondary N) is 1. The molecule has 2 aromatic rings. The lowest BCUT2D eigenvalue weighted by atomic mass is 9.98. The van der Waals surface area contributed by atoms with Crippen LogP contribution in [0.2, 0.25) is 0 Å². The maximum atomic E-state index is 12.8. The van der Waals surface area contributed by atoms with Crippen molar-refractivity contribution < 1.29 is 14.3 Å². The molecule has 2 rings (SSSR count). The second-order valence-corrected chi connectivity index (χ2v) is 7.78. The molecular weight excluding hydrogens is 374 g/mol. The van der Waals surface area contributed by atoms with Crippen molar-refractivity contribution in [3.05, 3.63) is 54.1 Å². The minimum absolute atomic E-state index is 0.135. The molecule has 0 heterocycles. The van der Waals surface area contributed by atoms with Gasteiger partial charge in [0.15, 0.2) is 6.10 Å². The van der Waals surface area contributed by atoms with Gasteiger partial charge in [-0.3, -0.25) is 4.79 Å². The van der Waals surface area contributed by atoms with Gasteiger partial charge in [0.1, 0.15) is 11.5 Å². The van der Waals surface area contributed by atoms with Gasteiger partial charge in [0.25, 0.3) is 5.91 Å². The number of hydrogen-bond donors (Lipinski definition) is 1. The topological polar surface area (TPSA) is 47.6 Å². The summed E-state index contributed by atoms with van der Waals surface area (Å²) in [6.07, 6.45) is 5.82. The molecule has 0 aromatic heterocycles. The van der Waals surface area contributed by atoms with Crippen LogP contribution in [0.4, 0.5) is 5.69 Å². The SMILES string of the molecule is CCCCCCOc1ccc(NC(=O)C(CC)Oc2ccccc2C(C)CC)cc1. The van der Waals surface area contributed by atoms with E-state index in [-0.39, 0.29) is 5.91 Å². The zero-order valence-electron chi connectivity index (χ0n) is 18.9. The fourth-order valence-corrected chi connectivity index (χ4v) is 3.27. The van der Waals surface area contributed by atoms with Gasteiger partial charge in [-0.05, 0) is 61.1 Å². The molecule has 30 heavy (non-hydrogen) atoms. The molecule has 2 atom stereocenters. The third kappa shape index (κ3) is 7.40. The van der Waals surface area contributed by atoms with Crippen molar-refractivity contribution in [2.45, 2.75) is 78.2 Å². The summed E-state index contributed by atoms with van der Waals surface area (Å²) in [5.74, 6) is 1.87. The van der Waals surface area contributed by atoms with E-state index in [4.69, 9.17) is 9.47 Å². The molecule has 4 heteroatoms. The van der Waals surface area contributed by atoms with Crippen molar-refractivity contribution in [3.8, 4) is 11.5 Å². The van der Waals surface area contributed by atoms with Gasteiger partial charge >= 0.3 is 0 Å². The quantitative estimate of drug-likeness (QED) is 0.363. The first-order valence-electron chi connectivity index (χ1n) is 11.4. The molecule has 1 amide bonds. The number of benzene rings is 2. The molecule has 0 radical (unpaired) electrons. The van der Waals surface area contributed by atoms with Crippen molar-refractivity contribution >= 4 is 11.6 Å². The second kappa shape index (κ2) is 12.9. The van der Waals surface area contributed by atoms with E-state index >= 15 is 0 Å². The van der Waals surface area contributed by atoms with E-state index in [0.717, 1.165) is 42.2 Å². The fraction of sp³-hybridized carbons (Fsp3) is 0.500. The first-order chi connectivity index (χ1) is 14.6. The Morgan fingerprint density at radius 3 is 2.33 bits per heavy atom. The van der Waals surface area contributed by atoms with Crippen LogP contribution in [-0.4, -0.2) is 18.6 Å². The predicted octanol–water partition coefficient (Wildman–Crippen LogP) is 6.96. The maximum absolute atomic E-state index is 12.8. The molecule has 4 nitrogen and oxygen atoms in total. The van der Waals surface area contributed by atoms with E-state index in [9.17, 15) is 4.79 Å². The van der Waals surface area contributed by atoms with Gasteiger partial charge in [0.2, 0.25) is 0 Å². The number of unbranched alkanes of at least 4 members (excludes halogenated alkanes) is 3. The lowest BCUT2D eigenvalue weighted by Gasteiger charge is -2.21. The molecular formula is C26H37NO3. The monoisotopic (exact) mass is 411 g/mol. The molecule has 0 aliphatic heterocycles. The Morgan fingerprint density at radius 1 is 0.933 bits per heavy atom. The molecule has 2 unspecified atom stereocenters. The molecule has 1 N–H and O–H groups in total. The van der Waals surface area contributed by atoms with Crippen LogP contribution in [0, 0.1) is 0 Å². The number of amides is 1. The van der Waals surface area contributed by atoms with Crippen LogP contribution in [-0.2, 0) is 4.79 Å². The van der Waals surface area contributed by atoms with E-state index in [1.165, 1.54) is 19.3 Å². The van der Waals surface area contributed by atoms with Gasteiger partial charge in [-0.1, -0.05) is 65.2 Å². The molecule has 0 aliphatic carbocycles. The summed E-state index contributed by atoms with van der Waals surface area (Å²) in [6, 6.07) is 15.5. The molecule has 164 valence electrons. The van der Waals surface area contributed by atoms with Crippen LogP contribution in [0.1, 0.15) is 77.7 Å². The van der Waals surface area contributed by atoms with Crippen LogP contribution in [0.5, 0.6) is 11.5 Å². The van der Waals surface area contributed by atoms with E-state index < -0.39 is 6.10 Å². The Labute approximate surface area is 182 Å². The normalized spacial score (nSPS) is 12.8. The van der Waals surface area contributed by atoms with E-state index in [1.54, 1.807) is 0 Å². The highest BCUT2D eigenvalue weighted by molar-refractivity contribution is 5.94. The summed E-state index contributed by atoms with van der Waals surface area (Å²) in [5.41, 5.74) is 1.89. The summed E-state index contributed by atoms with van der Waals surface area (Å²) in [5, 5.41) is 2.97. The third-order valence-electron chi connectivity index (χ3n) is 5.38. The first-order valence-corrected chi connectivity index (χ1v) is 11.4. The molecule has 0 saturated carbocycles. The minimum Gasteiger partial charge on any atom is -0.494 e. The largest absolute Gasteiger partial charge is 0.494 e. The van der Waals surface area contributed by atoms with Crippen LogP contribution < -0.4 is 14.8 Å². The zero-order valence-corrected chi connectivity index (χ0v) is 18.9. The molecule has 0 fully saturated rings. The number of rotatable bonds is 13. The summed E-state index contributed by atoms with van der Waals surface area (Å²) in [7, 11) is 0. The van der Waals surface area contributed by atoms with Crippen molar-refractivity contribution in [2.24, 2.45) is 0 Å². The molecule has 0 bridgehead atoms. The second-order valence-electron chi connectivity index (χ2n) is 7.78. The average Bonchev–Trinajstić information content (AvgIpc) is 2.78. The van der Waals surface area contributed by atoms with Gasteiger partial charge in [0, 0.05) is 5.69 Å². The van der Waals surface area contributed by atoms with Crippen molar-refractivity contribution in [1.29, 1.82) is 0 Å². The van der Waals surface area contributed by atoms with Crippen LogP contribution in [0.25, 0.3) is 0 Å². The van der Waals surface area contributed by atoms with Gasteiger partial charge in [-0.2, -0.15) is 0 Å². The maximum Gasteiger partial charge on any atom is 0.265 e.